The van der Waals surface area contributed by atoms with Crippen molar-refractivity contribution in [3.05, 3.63) is 88.7 Å². The summed E-state index contributed by atoms with van der Waals surface area (Å²) in [6.07, 6.45) is 1.08. The van der Waals surface area contributed by atoms with Gasteiger partial charge in [-0.3, -0.25) is 9.59 Å². The van der Waals surface area contributed by atoms with Gasteiger partial charge in [-0.2, -0.15) is 13.2 Å². The number of hydrogen-bond donors (Lipinski definition) is 2. The quantitative estimate of drug-likeness (QED) is 0.158. The molecule has 40 heavy (non-hydrogen) atoms. The van der Waals surface area contributed by atoms with E-state index in [-0.39, 0.29) is 24.3 Å². The van der Waals surface area contributed by atoms with E-state index < -0.39 is 29.4 Å². The summed E-state index contributed by atoms with van der Waals surface area (Å²) in [5, 5.41) is 11.0. The average molecular weight is 560 g/mol. The summed E-state index contributed by atoms with van der Waals surface area (Å²) in [7, 11) is 0. The third-order valence-corrected chi connectivity index (χ3v) is 6.50. The summed E-state index contributed by atoms with van der Waals surface area (Å²) in [4.78, 5) is 22.5. The van der Waals surface area contributed by atoms with E-state index in [0.717, 1.165) is 73.4 Å². The van der Waals surface area contributed by atoms with Crippen LogP contribution in [-0.4, -0.2) is 30.1 Å². The molecule has 0 saturated heterocycles. The molecule has 0 spiro atoms. The van der Waals surface area contributed by atoms with Crippen LogP contribution in [-0.2, 0) is 17.4 Å². The summed E-state index contributed by atoms with van der Waals surface area (Å²) in [6, 6.07) is 15.2. The zero-order chi connectivity index (χ0) is 29.1. The molecule has 0 aliphatic carbocycles. The third-order valence-electron chi connectivity index (χ3n) is 6.50. The van der Waals surface area contributed by atoms with Gasteiger partial charge in [-0.15, -0.1) is 0 Å². The predicted octanol–water partition coefficient (Wildman–Crippen LogP) is 7.60. The van der Waals surface area contributed by atoms with Crippen LogP contribution < -0.4 is 10.1 Å². The molecule has 0 aromatic heterocycles. The van der Waals surface area contributed by atoms with Crippen LogP contribution in [0.4, 0.5) is 17.6 Å². The van der Waals surface area contributed by atoms with Gasteiger partial charge in [-0.05, 0) is 78.8 Å². The topological polar surface area (TPSA) is 75.6 Å². The van der Waals surface area contributed by atoms with Gasteiger partial charge in [0.25, 0.3) is 5.91 Å². The second-order valence-corrected chi connectivity index (χ2v) is 9.64. The first-order valence-electron chi connectivity index (χ1n) is 13.2. The zero-order valence-corrected chi connectivity index (χ0v) is 22.3. The Hall–Kier alpha value is -3.88. The molecule has 5 nitrogen and oxygen atoms in total. The number of carboxylic acid groups (broad SMARTS) is 1. The number of carbonyl (C=O) groups is 2. The fourth-order valence-electron chi connectivity index (χ4n) is 4.33. The lowest BCUT2D eigenvalue weighted by molar-refractivity contribution is -0.138. The molecule has 3 rings (SSSR count). The Bertz CT molecular complexity index is 1290. The molecule has 2 N–H and O–H groups in total. The van der Waals surface area contributed by atoms with Crippen LogP contribution in [0.2, 0.25) is 0 Å². The van der Waals surface area contributed by atoms with Gasteiger partial charge >= 0.3 is 12.1 Å². The van der Waals surface area contributed by atoms with Crippen molar-refractivity contribution in [2.45, 2.75) is 58.0 Å². The van der Waals surface area contributed by atoms with Gasteiger partial charge in [0.05, 0.1) is 18.6 Å². The van der Waals surface area contributed by atoms with E-state index in [9.17, 15) is 27.2 Å². The maximum atomic E-state index is 14.3. The molecule has 0 unspecified atom stereocenters. The lowest BCUT2D eigenvalue weighted by atomic mass is 9.96. The molecule has 0 atom stereocenters. The molecule has 0 fully saturated rings. The summed E-state index contributed by atoms with van der Waals surface area (Å²) in [6.45, 7) is 2.28. The number of aryl methyl sites for hydroxylation is 2. The van der Waals surface area contributed by atoms with Gasteiger partial charge in [0.15, 0.2) is 11.6 Å². The number of ether oxygens (including phenoxy) is 1. The van der Waals surface area contributed by atoms with Crippen LogP contribution in [0.25, 0.3) is 11.1 Å². The Kier molecular flexibility index (Phi) is 11.1. The summed E-state index contributed by atoms with van der Waals surface area (Å²) >= 11 is 0. The molecule has 3 aromatic rings. The molecule has 3 aromatic carbocycles. The second-order valence-electron chi connectivity index (χ2n) is 9.64. The van der Waals surface area contributed by atoms with Gasteiger partial charge < -0.3 is 15.2 Å². The van der Waals surface area contributed by atoms with Crippen molar-refractivity contribution in [2.24, 2.45) is 0 Å². The summed E-state index contributed by atoms with van der Waals surface area (Å²) < 4.78 is 58.2. The van der Waals surface area contributed by atoms with E-state index >= 15 is 0 Å². The number of amides is 1. The molecule has 214 valence electrons. The van der Waals surface area contributed by atoms with Crippen molar-refractivity contribution in [1.82, 2.24) is 5.32 Å². The fourth-order valence-corrected chi connectivity index (χ4v) is 4.33. The van der Waals surface area contributed by atoms with Gasteiger partial charge in [0.1, 0.15) is 0 Å². The molecule has 0 saturated carbocycles. The molecule has 0 radical (unpaired) electrons. The highest BCUT2D eigenvalue weighted by Gasteiger charge is 2.30. The van der Waals surface area contributed by atoms with Gasteiger partial charge in [0.2, 0.25) is 0 Å². The maximum absolute atomic E-state index is 14.3. The highest BCUT2D eigenvalue weighted by Crippen LogP contribution is 2.32. The Balaban J connectivity index is 1.33. The van der Waals surface area contributed by atoms with E-state index in [2.05, 4.69) is 11.4 Å². The normalized spacial score (nSPS) is 11.3. The van der Waals surface area contributed by atoms with Crippen LogP contribution in [0.3, 0.4) is 0 Å². The Morgan fingerprint density at radius 1 is 0.900 bits per heavy atom. The number of nitrogens with one attached hydrogen (secondary N) is 1. The lowest BCUT2D eigenvalue weighted by Gasteiger charge is -2.11. The summed E-state index contributed by atoms with van der Waals surface area (Å²) in [5.41, 5.74) is 3.33. The van der Waals surface area contributed by atoms with E-state index in [4.69, 9.17) is 9.84 Å². The number of unbranched alkanes of at least 4 members (excludes halogenated alkanes) is 4. The summed E-state index contributed by atoms with van der Waals surface area (Å²) in [5.74, 6) is -2.16. The minimum absolute atomic E-state index is 0.0359. The number of carbonyl (C=O) groups excluding carboxylic acids is 1. The average Bonchev–Trinajstić information content (AvgIpc) is 2.90. The number of carboxylic acids is 1. The number of hydrogen-bond acceptors (Lipinski definition) is 3. The van der Waals surface area contributed by atoms with Crippen LogP contribution in [0.5, 0.6) is 5.75 Å². The van der Waals surface area contributed by atoms with E-state index in [1.54, 1.807) is 0 Å². The van der Waals surface area contributed by atoms with Crippen molar-refractivity contribution >= 4 is 11.9 Å². The van der Waals surface area contributed by atoms with Gasteiger partial charge in [-0.25, -0.2) is 4.39 Å². The standard InChI is InChI=1S/C31H33F4NO4/c1-21-19-22(8-14-26(21)23-9-12-25(13-10-23)31(33,34)35)7-5-3-2-4-6-18-40-28-15-11-24(20-27(28)32)30(39)36-17-16-29(37)38/h8-15,19-20H,2-7,16-18H2,1H3,(H,36,39)(H,37,38). The Morgan fingerprint density at radius 3 is 2.25 bits per heavy atom. The molecule has 0 aliphatic heterocycles. The Labute approximate surface area is 231 Å². The molecule has 9 heteroatoms. The van der Waals surface area contributed by atoms with E-state index in [1.807, 2.05) is 19.1 Å². The maximum Gasteiger partial charge on any atom is 0.416 e. The highest BCUT2D eigenvalue weighted by molar-refractivity contribution is 5.94. The number of aliphatic carboxylic acids is 1. The lowest BCUT2D eigenvalue weighted by Crippen LogP contribution is -2.26. The van der Waals surface area contributed by atoms with Gasteiger partial charge in [0, 0.05) is 12.1 Å². The second kappa shape index (κ2) is 14.5. The van der Waals surface area contributed by atoms with Crippen molar-refractivity contribution in [3.8, 4) is 16.9 Å². The fraction of sp³-hybridized carbons (Fsp3) is 0.355. The largest absolute Gasteiger partial charge is 0.491 e. The van der Waals surface area contributed by atoms with Crippen molar-refractivity contribution in [3.63, 3.8) is 0 Å². The van der Waals surface area contributed by atoms with Crippen molar-refractivity contribution in [2.75, 3.05) is 13.2 Å². The zero-order valence-electron chi connectivity index (χ0n) is 22.3. The van der Waals surface area contributed by atoms with Crippen molar-refractivity contribution < 1.29 is 37.0 Å². The molecule has 1 amide bonds. The predicted molar refractivity (Wildman–Crippen MR) is 145 cm³/mol. The first-order valence-corrected chi connectivity index (χ1v) is 13.2. The monoisotopic (exact) mass is 559 g/mol. The Morgan fingerprint density at radius 2 is 1.60 bits per heavy atom. The molecular formula is C31H33F4NO4. The molecule has 0 heterocycles. The van der Waals surface area contributed by atoms with Gasteiger partial charge in [-0.1, -0.05) is 49.6 Å². The van der Waals surface area contributed by atoms with Crippen LogP contribution in [0, 0.1) is 12.7 Å². The molecule has 0 aliphatic rings. The third kappa shape index (κ3) is 9.39. The minimum Gasteiger partial charge on any atom is -0.491 e. The number of halogens is 4. The number of rotatable bonds is 14. The SMILES string of the molecule is Cc1cc(CCCCCCCOc2ccc(C(=O)NCCC(=O)O)cc2F)ccc1-c1ccc(C(F)(F)F)cc1. The molecular weight excluding hydrogens is 526 g/mol. The van der Waals surface area contributed by atoms with E-state index in [0.29, 0.717) is 6.61 Å². The van der Waals surface area contributed by atoms with Crippen molar-refractivity contribution in [1.29, 1.82) is 0 Å². The number of alkyl halides is 3. The highest BCUT2D eigenvalue weighted by atomic mass is 19.4. The first kappa shape index (κ1) is 30.7. The molecule has 0 bridgehead atoms. The van der Waals surface area contributed by atoms with Crippen LogP contribution in [0.15, 0.2) is 60.7 Å². The van der Waals surface area contributed by atoms with Crippen LogP contribution in [0.1, 0.15) is 65.6 Å². The van der Waals surface area contributed by atoms with E-state index in [1.165, 1.54) is 29.8 Å². The van der Waals surface area contributed by atoms with Crippen LogP contribution >= 0.6 is 0 Å². The first-order chi connectivity index (χ1) is 19.0. The minimum atomic E-state index is -4.34. The smallest absolute Gasteiger partial charge is 0.416 e. The number of benzene rings is 3.